The van der Waals surface area contributed by atoms with Crippen LogP contribution in [0.2, 0.25) is 0 Å². The number of para-hydroxylation sites is 1. The van der Waals surface area contributed by atoms with Gasteiger partial charge in [-0.05, 0) is 32.4 Å². The molecule has 104 valence electrons. The summed E-state index contributed by atoms with van der Waals surface area (Å²) in [4.78, 5) is 12.7. The maximum Gasteiger partial charge on any atom is 0.186 e. The van der Waals surface area contributed by atoms with Crippen molar-refractivity contribution in [2.45, 2.75) is 30.9 Å². The van der Waals surface area contributed by atoms with Crippen LogP contribution in [-0.2, 0) is 15.1 Å². The lowest BCUT2D eigenvalue weighted by atomic mass is 9.74. The van der Waals surface area contributed by atoms with Gasteiger partial charge in [-0.2, -0.15) is 0 Å². The number of nitrogens with one attached hydrogen (secondary N) is 1. The molecule has 0 saturated heterocycles. The minimum atomic E-state index is -0.703. The van der Waals surface area contributed by atoms with E-state index in [1.165, 1.54) is 0 Å². The van der Waals surface area contributed by atoms with Gasteiger partial charge >= 0.3 is 0 Å². The van der Waals surface area contributed by atoms with Gasteiger partial charge in [-0.25, -0.2) is 0 Å². The van der Waals surface area contributed by atoms with Gasteiger partial charge in [-0.3, -0.25) is 4.79 Å². The maximum absolute atomic E-state index is 12.7. The summed E-state index contributed by atoms with van der Waals surface area (Å²) in [5.41, 5.74) is 0.192. The first-order valence-corrected chi connectivity index (χ1v) is 6.59. The lowest BCUT2D eigenvalue weighted by molar-refractivity contribution is -0.139. The number of carbonyl (C=O) groups is 1. The summed E-state index contributed by atoms with van der Waals surface area (Å²) >= 11 is 0. The fraction of sp³-hybridized carbons (Fsp3) is 0.533. The largest absolute Gasteiger partial charge is 0.496 e. The SMILES string of the molecule is CN[C@@]1(c2ccccc2OC)CCC[C@@H](OC)C1=O. The smallest absolute Gasteiger partial charge is 0.186 e. The van der Waals surface area contributed by atoms with E-state index >= 15 is 0 Å². The van der Waals surface area contributed by atoms with Crippen LogP contribution < -0.4 is 10.1 Å². The fourth-order valence-electron chi connectivity index (χ4n) is 2.95. The molecule has 0 aliphatic heterocycles. The molecule has 0 aromatic heterocycles. The van der Waals surface area contributed by atoms with Crippen molar-refractivity contribution >= 4 is 5.78 Å². The monoisotopic (exact) mass is 263 g/mol. The number of ether oxygens (including phenoxy) is 2. The zero-order chi connectivity index (χ0) is 13.9. The first-order chi connectivity index (χ1) is 9.19. The normalized spacial score (nSPS) is 27.3. The zero-order valence-corrected chi connectivity index (χ0v) is 11.7. The van der Waals surface area contributed by atoms with E-state index in [4.69, 9.17) is 9.47 Å². The molecule has 1 aromatic carbocycles. The lowest BCUT2D eigenvalue weighted by Crippen LogP contribution is -2.54. The van der Waals surface area contributed by atoms with Crippen LogP contribution in [0.15, 0.2) is 24.3 Å². The van der Waals surface area contributed by atoms with Gasteiger partial charge in [0.2, 0.25) is 0 Å². The van der Waals surface area contributed by atoms with Gasteiger partial charge in [0, 0.05) is 12.7 Å². The van der Waals surface area contributed by atoms with Crippen LogP contribution in [0.3, 0.4) is 0 Å². The third-order valence-electron chi connectivity index (χ3n) is 4.01. The van der Waals surface area contributed by atoms with Gasteiger partial charge < -0.3 is 14.8 Å². The topological polar surface area (TPSA) is 47.6 Å². The molecular weight excluding hydrogens is 242 g/mol. The summed E-state index contributed by atoms with van der Waals surface area (Å²) in [6, 6.07) is 7.68. The molecule has 1 saturated carbocycles. The first-order valence-electron chi connectivity index (χ1n) is 6.59. The second-order valence-corrected chi connectivity index (χ2v) is 4.84. The van der Waals surface area contributed by atoms with Crippen molar-refractivity contribution in [3.8, 4) is 5.75 Å². The van der Waals surface area contributed by atoms with Crippen molar-refractivity contribution in [3.05, 3.63) is 29.8 Å². The molecular formula is C15H21NO3. The Balaban J connectivity index is 2.49. The Morgan fingerprint density at radius 3 is 2.68 bits per heavy atom. The number of methoxy groups -OCH3 is 2. The summed E-state index contributed by atoms with van der Waals surface area (Å²) in [6.45, 7) is 0. The van der Waals surface area contributed by atoms with Crippen molar-refractivity contribution in [3.63, 3.8) is 0 Å². The summed E-state index contributed by atoms with van der Waals surface area (Å²) in [6.07, 6.45) is 2.16. The number of hydrogen-bond acceptors (Lipinski definition) is 4. The highest BCUT2D eigenvalue weighted by atomic mass is 16.5. The van der Waals surface area contributed by atoms with E-state index in [9.17, 15) is 4.79 Å². The Morgan fingerprint density at radius 2 is 2.05 bits per heavy atom. The van der Waals surface area contributed by atoms with Crippen LogP contribution >= 0.6 is 0 Å². The molecule has 1 aliphatic rings. The minimum absolute atomic E-state index is 0.0910. The molecule has 0 amide bonds. The molecule has 0 bridgehead atoms. The van der Waals surface area contributed by atoms with Crippen molar-refractivity contribution in [1.29, 1.82) is 0 Å². The minimum Gasteiger partial charge on any atom is -0.496 e. The number of ketones is 1. The van der Waals surface area contributed by atoms with Crippen LogP contribution in [0.25, 0.3) is 0 Å². The summed E-state index contributed by atoms with van der Waals surface area (Å²) < 4.78 is 10.7. The number of benzene rings is 1. The average molecular weight is 263 g/mol. The molecule has 2 rings (SSSR count). The Hall–Kier alpha value is -1.39. The van der Waals surface area contributed by atoms with E-state index in [1.54, 1.807) is 14.2 Å². The third-order valence-corrected chi connectivity index (χ3v) is 4.01. The number of carbonyl (C=O) groups excluding carboxylic acids is 1. The fourth-order valence-corrected chi connectivity index (χ4v) is 2.95. The van der Waals surface area contributed by atoms with Crippen molar-refractivity contribution in [1.82, 2.24) is 5.32 Å². The van der Waals surface area contributed by atoms with E-state index in [0.717, 1.165) is 30.6 Å². The molecule has 0 radical (unpaired) electrons. The number of rotatable bonds is 4. The predicted molar refractivity (Wildman–Crippen MR) is 73.4 cm³/mol. The number of likely N-dealkylation sites (N-methyl/N-ethyl adjacent to an activating group) is 1. The van der Waals surface area contributed by atoms with Crippen LogP contribution in [0, 0.1) is 0 Å². The second-order valence-electron chi connectivity index (χ2n) is 4.84. The van der Waals surface area contributed by atoms with Gasteiger partial charge in [0.05, 0.1) is 7.11 Å². The molecule has 1 fully saturated rings. The van der Waals surface area contributed by atoms with Gasteiger partial charge in [0.15, 0.2) is 5.78 Å². The molecule has 1 N–H and O–H groups in total. The average Bonchev–Trinajstić information content (AvgIpc) is 2.48. The highest BCUT2D eigenvalue weighted by Crippen LogP contribution is 2.39. The van der Waals surface area contributed by atoms with Crippen molar-refractivity contribution < 1.29 is 14.3 Å². The molecule has 4 nitrogen and oxygen atoms in total. The standard InChI is InChI=1S/C15H21NO3/c1-16-15(10-6-9-13(19-3)14(15)17)11-7-4-5-8-12(11)18-2/h4-5,7-8,13,16H,6,9-10H2,1-3H3/t13-,15-/m1/s1. The van der Waals surface area contributed by atoms with Crippen LogP contribution in [0.5, 0.6) is 5.75 Å². The van der Waals surface area contributed by atoms with Gasteiger partial charge in [0.1, 0.15) is 17.4 Å². The summed E-state index contributed by atoms with van der Waals surface area (Å²) in [5, 5.41) is 3.21. The second kappa shape index (κ2) is 5.72. The molecule has 2 atom stereocenters. The quantitative estimate of drug-likeness (QED) is 0.901. The van der Waals surface area contributed by atoms with Gasteiger partial charge in [-0.15, -0.1) is 0 Å². The van der Waals surface area contributed by atoms with E-state index in [0.29, 0.717) is 0 Å². The Labute approximate surface area is 114 Å². The molecule has 0 heterocycles. The van der Waals surface area contributed by atoms with E-state index < -0.39 is 5.54 Å². The first kappa shape index (κ1) is 14.0. The van der Waals surface area contributed by atoms with Crippen molar-refractivity contribution in [2.24, 2.45) is 0 Å². The molecule has 19 heavy (non-hydrogen) atoms. The maximum atomic E-state index is 12.7. The Morgan fingerprint density at radius 1 is 1.32 bits per heavy atom. The van der Waals surface area contributed by atoms with Crippen LogP contribution in [0.1, 0.15) is 24.8 Å². The van der Waals surface area contributed by atoms with E-state index in [-0.39, 0.29) is 11.9 Å². The highest BCUT2D eigenvalue weighted by molar-refractivity contribution is 5.94. The van der Waals surface area contributed by atoms with Crippen molar-refractivity contribution in [2.75, 3.05) is 21.3 Å². The molecule has 1 aliphatic carbocycles. The Bertz CT molecular complexity index is 460. The Kier molecular flexibility index (Phi) is 4.22. The number of hydrogen-bond donors (Lipinski definition) is 1. The van der Waals surface area contributed by atoms with Gasteiger partial charge in [-0.1, -0.05) is 18.2 Å². The summed E-state index contributed by atoms with van der Waals surface area (Å²) in [7, 11) is 5.04. The van der Waals surface area contributed by atoms with Gasteiger partial charge in [0.25, 0.3) is 0 Å². The predicted octanol–water partition coefficient (Wildman–Crippen LogP) is 1.88. The molecule has 0 spiro atoms. The summed E-state index contributed by atoms with van der Waals surface area (Å²) in [5.74, 6) is 0.829. The highest BCUT2D eigenvalue weighted by Gasteiger charge is 2.46. The molecule has 0 unspecified atom stereocenters. The third kappa shape index (κ3) is 2.26. The molecule has 4 heteroatoms. The van der Waals surface area contributed by atoms with Crippen LogP contribution in [-0.4, -0.2) is 33.2 Å². The lowest BCUT2D eigenvalue weighted by Gasteiger charge is -2.39. The number of Topliss-reactive ketones (excluding diaryl/α,β-unsaturated/α-hetero) is 1. The van der Waals surface area contributed by atoms with E-state index in [1.807, 2.05) is 31.3 Å². The zero-order valence-electron chi connectivity index (χ0n) is 11.7. The molecule has 1 aromatic rings. The van der Waals surface area contributed by atoms with E-state index in [2.05, 4.69) is 5.32 Å². The van der Waals surface area contributed by atoms with Crippen LogP contribution in [0.4, 0.5) is 0 Å².